The molecule has 6 N–H and O–H groups in total. The molecule has 246 valence electrons. The maximum absolute atomic E-state index is 12.5. The van der Waals surface area contributed by atoms with Crippen LogP contribution < -0.4 is 10.6 Å². The van der Waals surface area contributed by atoms with Crippen molar-refractivity contribution in [3.05, 3.63) is 72.6 Å². The van der Waals surface area contributed by atoms with Gasteiger partial charge in [0, 0.05) is 19.5 Å². The molecule has 4 aromatic rings. The number of aliphatic hydroxyl groups excluding tert-OH is 2. The van der Waals surface area contributed by atoms with Crippen LogP contribution in [0.4, 0.5) is 0 Å². The number of benzene rings is 2. The second-order valence-electron chi connectivity index (χ2n) is 11.9. The Morgan fingerprint density at radius 3 is 1.83 bits per heavy atom. The smallest absolute Gasteiger partial charge is 0.249 e. The van der Waals surface area contributed by atoms with Crippen LogP contribution in [0.3, 0.4) is 0 Å². The van der Waals surface area contributed by atoms with Crippen molar-refractivity contribution in [3.63, 3.8) is 0 Å². The molecule has 0 aliphatic carbocycles. The molecule has 0 bridgehead atoms. The van der Waals surface area contributed by atoms with Crippen LogP contribution in [-0.2, 0) is 25.5 Å². The molecule has 2 heterocycles. The highest BCUT2D eigenvalue weighted by Gasteiger charge is 2.22. The molecule has 0 fully saturated rings. The van der Waals surface area contributed by atoms with Crippen LogP contribution in [0.2, 0.25) is 0 Å². The highest BCUT2D eigenvalue weighted by molar-refractivity contribution is 5.81. The van der Waals surface area contributed by atoms with Gasteiger partial charge >= 0.3 is 0 Å². The summed E-state index contributed by atoms with van der Waals surface area (Å²) in [6.45, 7) is 8.05. The summed E-state index contributed by atoms with van der Waals surface area (Å²) in [6.07, 6.45) is 2.11. The second-order valence-corrected chi connectivity index (χ2v) is 11.9. The Balaban J connectivity index is 1.39. The predicted octanol–water partition coefficient (Wildman–Crippen LogP) is 3.95. The Morgan fingerprint density at radius 1 is 0.739 bits per heavy atom. The lowest BCUT2D eigenvalue weighted by Crippen LogP contribution is -2.40. The number of aromatic amines is 2. The van der Waals surface area contributed by atoms with Gasteiger partial charge < -0.3 is 40.3 Å². The average molecular weight is 633 g/mol. The molecule has 2 amide bonds. The van der Waals surface area contributed by atoms with Gasteiger partial charge in [-0.1, -0.05) is 76.2 Å². The van der Waals surface area contributed by atoms with Gasteiger partial charge in [-0.3, -0.25) is 9.59 Å². The van der Waals surface area contributed by atoms with E-state index in [1.807, 2.05) is 76.2 Å². The summed E-state index contributed by atoms with van der Waals surface area (Å²) in [4.78, 5) is 40.1. The van der Waals surface area contributed by atoms with Gasteiger partial charge in [0.15, 0.2) is 0 Å². The molecular weight excluding hydrogens is 588 g/mol. The van der Waals surface area contributed by atoms with E-state index < -0.39 is 25.8 Å². The first-order valence-electron chi connectivity index (χ1n) is 15.5. The van der Waals surface area contributed by atoms with E-state index in [2.05, 4.69) is 30.6 Å². The number of hydrogen-bond donors (Lipinski definition) is 6. The number of hydrogen-bond acceptors (Lipinski definition) is 8. The minimum Gasteiger partial charge on any atom is -0.371 e. The number of imidazole rings is 2. The first-order chi connectivity index (χ1) is 22.2. The van der Waals surface area contributed by atoms with Crippen molar-refractivity contribution in [2.45, 2.75) is 52.7 Å². The molecule has 4 rings (SSSR count). The van der Waals surface area contributed by atoms with Crippen LogP contribution >= 0.6 is 0 Å². The molecule has 2 aromatic heterocycles. The standard InChI is InChI=1S/C34H44N6O6/c1-21(2)15-36-32(43)14-29(45-19-41)33-37-18-28(40-33)26-11-7-24(8-12-26)23-5-9-25(10-6-23)27-17-35-31(39-27)13-30(46-20-42)34(44)38-16-22(3)4/h5-12,17-18,21-22,29-30,41-42H,13-16,19-20H2,1-4H3,(H,35,39)(H,36,43)(H,37,40)(H,38,44). The molecule has 0 saturated heterocycles. The van der Waals surface area contributed by atoms with E-state index in [0.29, 0.717) is 36.6 Å². The highest BCUT2D eigenvalue weighted by atomic mass is 16.6. The molecule has 2 aromatic carbocycles. The molecule has 0 spiro atoms. The summed E-state index contributed by atoms with van der Waals surface area (Å²) in [5, 5.41) is 24.3. The van der Waals surface area contributed by atoms with Crippen LogP contribution in [0.5, 0.6) is 0 Å². The van der Waals surface area contributed by atoms with Gasteiger partial charge in [0.25, 0.3) is 0 Å². The molecule has 46 heavy (non-hydrogen) atoms. The fourth-order valence-electron chi connectivity index (χ4n) is 4.74. The molecule has 2 unspecified atom stereocenters. The molecule has 0 radical (unpaired) electrons. The van der Waals surface area contributed by atoms with Crippen LogP contribution in [-0.4, -0.2) is 74.7 Å². The van der Waals surface area contributed by atoms with Crippen molar-refractivity contribution in [1.29, 1.82) is 0 Å². The fraction of sp³-hybridized carbons (Fsp3) is 0.412. The highest BCUT2D eigenvalue weighted by Crippen LogP contribution is 2.28. The van der Waals surface area contributed by atoms with Crippen LogP contribution in [0.1, 0.15) is 51.9 Å². The van der Waals surface area contributed by atoms with Crippen molar-refractivity contribution in [2.24, 2.45) is 11.8 Å². The lowest BCUT2D eigenvalue weighted by molar-refractivity contribution is -0.139. The van der Waals surface area contributed by atoms with E-state index in [-0.39, 0.29) is 24.7 Å². The second kappa shape index (κ2) is 16.8. The van der Waals surface area contributed by atoms with E-state index in [1.54, 1.807) is 12.4 Å². The lowest BCUT2D eigenvalue weighted by Gasteiger charge is -2.16. The zero-order valence-electron chi connectivity index (χ0n) is 26.7. The number of amides is 2. The molecule has 12 nitrogen and oxygen atoms in total. The van der Waals surface area contributed by atoms with Gasteiger partial charge in [-0.05, 0) is 34.1 Å². The number of aliphatic hydroxyl groups is 2. The summed E-state index contributed by atoms with van der Waals surface area (Å²) >= 11 is 0. The number of nitrogens with zero attached hydrogens (tertiary/aromatic N) is 2. The largest absolute Gasteiger partial charge is 0.371 e. The van der Waals surface area contributed by atoms with E-state index >= 15 is 0 Å². The minimum absolute atomic E-state index is 0.0449. The average Bonchev–Trinajstić information content (AvgIpc) is 3.73. The van der Waals surface area contributed by atoms with E-state index in [0.717, 1.165) is 33.6 Å². The quantitative estimate of drug-likeness (QED) is 0.0949. The Morgan fingerprint density at radius 2 is 1.26 bits per heavy atom. The molecule has 0 aliphatic rings. The monoisotopic (exact) mass is 632 g/mol. The first-order valence-corrected chi connectivity index (χ1v) is 15.5. The Labute approximate surface area is 269 Å². The third kappa shape index (κ3) is 9.82. The van der Waals surface area contributed by atoms with Crippen LogP contribution in [0, 0.1) is 11.8 Å². The van der Waals surface area contributed by atoms with Crippen molar-refractivity contribution < 1.29 is 29.3 Å². The predicted molar refractivity (Wildman–Crippen MR) is 174 cm³/mol. The number of H-pyrrole nitrogens is 2. The molecule has 2 atom stereocenters. The third-order valence-corrected chi connectivity index (χ3v) is 7.24. The van der Waals surface area contributed by atoms with Crippen molar-refractivity contribution in [2.75, 3.05) is 26.7 Å². The van der Waals surface area contributed by atoms with Gasteiger partial charge in [0.1, 0.15) is 37.4 Å². The van der Waals surface area contributed by atoms with Crippen LogP contribution in [0.15, 0.2) is 60.9 Å². The molecule has 0 aliphatic heterocycles. The number of carbonyl (C=O) groups excluding carboxylic acids is 2. The minimum atomic E-state index is -0.849. The van der Waals surface area contributed by atoms with Crippen LogP contribution in [0.25, 0.3) is 33.6 Å². The molecule has 0 saturated carbocycles. The van der Waals surface area contributed by atoms with E-state index in [9.17, 15) is 19.8 Å². The number of rotatable bonds is 17. The van der Waals surface area contributed by atoms with E-state index in [1.165, 1.54) is 0 Å². The zero-order chi connectivity index (χ0) is 33.1. The SMILES string of the molecule is CC(C)CNC(=O)CC(OCO)c1ncc(-c2ccc(-c3ccc(-c4cnc(CC(OCO)C(=O)NCC(C)C)[nH]4)cc3)cc2)[nH]1. The maximum Gasteiger partial charge on any atom is 0.249 e. The lowest BCUT2D eigenvalue weighted by atomic mass is 10.0. The Bertz CT molecular complexity index is 1530. The van der Waals surface area contributed by atoms with Crippen molar-refractivity contribution >= 4 is 11.8 Å². The summed E-state index contributed by atoms with van der Waals surface area (Å²) in [6, 6.07) is 16.1. The number of nitrogens with one attached hydrogen (secondary N) is 4. The first kappa shape index (κ1) is 34.5. The normalized spacial score (nSPS) is 12.8. The van der Waals surface area contributed by atoms with Crippen molar-refractivity contribution in [1.82, 2.24) is 30.6 Å². The Hall–Kier alpha value is -4.36. The van der Waals surface area contributed by atoms with Crippen molar-refractivity contribution in [3.8, 4) is 33.6 Å². The number of carbonyl (C=O) groups is 2. The topological polar surface area (TPSA) is 174 Å². The number of ether oxygens (including phenoxy) is 2. The third-order valence-electron chi connectivity index (χ3n) is 7.24. The summed E-state index contributed by atoms with van der Waals surface area (Å²) in [5.74, 6) is 1.22. The van der Waals surface area contributed by atoms with Gasteiger partial charge in [-0.25, -0.2) is 9.97 Å². The summed E-state index contributed by atoms with van der Waals surface area (Å²) < 4.78 is 10.6. The number of aromatic nitrogens is 4. The Kier molecular flexibility index (Phi) is 12.6. The molecule has 12 heteroatoms. The van der Waals surface area contributed by atoms with Gasteiger partial charge in [0.2, 0.25) is 11.8 Å². The van der Waals surface area contributed by atoms with Gasteiger partial charge in [0.05, 0.1) is 30.2 Å². The summed E-state index contributed by atoms with van der Waals surface area (Å²) in [5.41, 5.74) is 5.48. The maximum atomic E-state index is 12.5. The van der Waals surface area contributed by atoms with E-state index in [4.69, 9.17) is 9.47 Å². The zero-order valence-corrected chi connectivity index (χ0v) is 26.7. The molecular formula is C34H44N6O6. The summed E-state index contributed by atoms with van der Waals surface area (Å²) in [7, 11) is 0. The fourth-order valence-corrected chi connectivity index (χ4v) is 4.74. The van der Waals surface area contributed by atoms with Gasteiger partial charge in [-0.15, -0.1) is 0 Å². The van der Waals surface area contributed by atoms with Gasteiger partial charge in [-0.2, -0.15) is 0 Å².